The van der Waals surface area contributed by atoms with Gasteiger partial charge in [-0.3, -0.25) is 4.98 Å². The summed E-state index contributed by atoms with van der Waals surface area (Å²) in [6.45, 7) is 6.93. The largest absolute Gasteiger partial charge is 0.444 e. The summed E-state index contributed by atoms with van der Waals surface area (Å²) >= 11 is 0. The van der Waals surface area contributed by atoms with Crippen LogP contribution in [0.2, 0.25) is 0 Å². The molecule has 1 aromatic carbocycles. The third-order valence-electron chi connectivity index (χ3n) is 3.64. The van der Waals surface area contributed by atoms with Gasteiger partial charge in [-0.15, -0.1) is 0 Å². The van der Waals surface area contributed by atoms with Gasteiger partial charge in [0.05, 0.1) is 17.2 Å². The van der Waals surface area contributed by atoms with Crippen molar-refractivity contribution in [1.29, 1.82) is 0 Å². The third kappa shape index (κ3) is 3.88. The lowest BCUT2D eigenvalue weighted by Crippen LogP contribution is -2.36. The highest BCUT2D eigenvalue weighted by Crippen LogP contribution is 2.19. The molecule has 1 amide bonds. The Bertz CT molecular complexity index is 711. The molecule has 6 nitrogen and oxygen atoms in total. The highest BCUT2D eigenvalue weighted by Gasteiger charge is 2.29. The Hall–Kier alpha value is -2.37. The number of likely N-dealkylation sites (tertiary alicyclic amines) is 1. The summed E-state index contributed by atoms with van der Waals surface area (Å²) in [6.07, 6.45) is 2.35. The number of hydrogen-bond donors (Lipinski definition) is 1. The summed E-state index contributed by atoms with van der Waals surface area (Å²) in [5.74, 6) is 0.736. The molecule has 0 radical (unpaired) electrons. The number of nitrogens with zero attached hydrogens (tertiary/aromatic N) is 3. The van der Waals surface area contributed by atoms with E-state index in [0.29, 0.717) is 13.1 Å². The standard InChI is InChI=1S/C17H22N4O2/c1-17(2,3)23-16(22)21-9-8-12(11-21)19-15-10-18-13-6-4-5-7-14(13)20-15/h4-7,10,12H,8-9,11H2,1-3H3,(H,19,20)/t12-/m1/s1. The van der Waals surface area contributed by atoms with Gasteiger partial charge in [0.2, 0.25) is 0 Å². The fourth-order valence-corrected chi connectivity index (χ4v) is 2.61. The Balaban J connectivity index is 1.61. The van der Waals surface area contributed by atoms with Crippen LogP contribution in [0.4, 0.5) is 10.6 Å². The van der Waals surface area contributed by atoms with Crippen molar-refractivity contribution in [3.8, 4) is 0 Å². The predicted molar refractivity (Wildman–Crippen MR) is 89.4 cm³/mol. The minimum absolute atomic E-state index is 0.165. The third-order valence-corrected chi connectivity index (χ3v) is 3.64. The maximum atomic E-state index is 12.1. The van der Waals surface area contributed by atoms with Crippen molar-refractivity contribution in [1.82, 2.24) is 14.9 Å². The number of amides is 1. The molecule has 2 aromatic rings. The van der Waals surface area contributed by atoms with Crippen molar-refractivity contribution in [3.63, 3.8) is 0 Å². The monoisotopic (exact) mass is 314 g/mol. The number of ether oxygens (including phenoxy) is 1. The fraction of sp³-hybridized carbons (Fsp3) is 0.471. The number of carbonyl (C=O) groups excluding carboxylic acids is 1. The van der Waals surface area contributed by atoms with Gasteiger partial charge in [0.1, 0.15) is 11.4 Å². The van der Waals surface area contributed by atoms with Crippen LogP contribution in [0.25, 0.3) is 11.0 Å². The molecular formula is C17H22N4O2. The van der Waals surface area contributed by atoms with E-state index in [1.54, 1.807) is 11.1 Å². The zero-order chi connectivity index (χ0) is 16.4. The minimum atomic E-state index is -0.466. The highest BCUT2D eigenvalue weighted by atomic mass is 16.6. The lowest BCUT2D eigenvalue weighted by Gasteiger charge is -2.24. The second-order valence-corrected chi connectivity index (χ2v) is 6.80. The number of fused-ring (bicyclic) bond motifs is 1. The number of aromatic nitrogens is 2. The lowest BCUT2D eigenvalue weighted by atomic mass is 10.2. The molecule has 3 rings (SSSR count). The molecule has 6 heteroatoms. The van der Waals surface area contributed by atoms with Crippen molar-refractivity contribution in [3.05, 3.63) is 30.5 Å². The first kappa shape index (κ1) is 15.5. The molecule has 0 bridgehead atoms. The van der Waals surface area contributed by atoms with E-state index in [2.05, 4.69) is 15.3 Å². The van der Waals surface area contributed by atoms with Crippen molar-refractivity contribution in [2.75, 3.05) is 18.4 Å². The van der Waals surface area contributed by atoms with Gasteiger partial charge in [-0.25, -0.2) is 9.78 Å². The average molecular weight is 314 g/mol. The van der Waals surface area contributed by atoms with Crippen LogP contribution in [0.1, 0.15) is 27.2 Å². The topological polar surface area (TPSA) is 67.3 Å². The first-order valence-corrected chi connectivity index (χ1v) is 7.87. The van der Waals surface area contributed by atoms with Crippen LogP contribution in [-0.4, -0.2) is 45.7 Å². The van der Waals surface area contributed by atoms with Crippen LogP contribution in [0.15, 0.2) is 30.5 Å². The minimum Gasteiger partial charge on any atom is -0.444 e. The van der Waals surface area contributed by atoms with E-state index in [-0.39, 0.29) is 12.1 Å². The number of anilines is 1. The van der Waals surface area contributed by atoms with Crippen LogP contribution in [-0.2, 0) is 4.74 Å². The van der Waals surface area contributed by atoms with Gasteiger partial charge in [-0.05, 0) is 39.3 Å². The maximum Gasteiger partial charge on any atom is 0.410 e. The molecule has 1 fully saturated rings. The summed E-state index contributed by atoms with van der Waals surface area (Å²) in [4.78, 5) is 22.8. The van der Waals surface area contributed by atoms with Gasteiger partial charge >= 0.3 is 6.09 Å². The summed E-state index contributed by atoms with van der Waals surface area (Å²) in [5, 5.41) is 3.36. The molecule has 0 spiro atoms. The van der Waals surface area contributed by atoms with Crippen LogP contribution in [0.3, 0.4) is 0 Å². The zero-order valence-electron chi connectivity index (χ0n) is 13.7. The van der Waals surface area contributed by atoms with Gasteiger partial charge < -0.3 is 15.0 Å². The molecular weight excluding hydrogens is 292 g/mol. The molecule has 1 aliphatic rings. The summed E-state index contributed by atoms with van der Waals surface area (Å²) < 4.78 is 5.41. The van der Waals surface area contributed by atoms with Crippen LogP contribution in [0.5, 0.6) is 0 Å². The van der Waals surface area contributed by atoms with Crippen LogP contribution < -0.4 is 5.32 Å². The predicted octanol–water partition coefficient (Wildman–Crippen LogP) is 3.05. The summed E-state index contributed by atoms with van der Waals surface area (Å²) in [5.41, 5.74) is 1.27. The molecule has 0 aliphatic carbocycles. The average Bonchev–Trinajstić information content (AvgIpc) is 2.94. The van der Waals surface area contributed by atoms with E-state index in [1.807, 2.05) is 45.0 Å². The molecule has 1 atom stereocenters. The fourth-order valence-electron chi connectivity index (χ4n) is 2.61. The van der Waals surface area contributed by atoms with Crippen molar-refractivity contribution in [2.45, 2.75) is 38.8 Å². The van der Waals surface area contributed by atoms with E-state index in [9.17, 15) is 4.79 Å². The number of nitrogens with one attached hydrogen (secondary N) is 1. The molecule has 0 unspecified atom stereocenters. The molecule has 1 saturated heterocycles. The van der Waals surface area contributed by atoms with Crippen molar-refractivity contribution < 1.29 is 9.53 Å². The first-order chi connectivity index (χ1) is 10.9. The second-order valence-electron chi connectivity index (χ2n) is 6.80. The van der Waals surface area contributed by atoms with Crippen molar-refractivity contribution in [2.24, 2.45) is 0 Å². The van der Waals surface area contributed by atoms with Crippen LogP contribution in [0, 0.1) is 0 Å². The Kier molecular flexibility index (Phi) is 4.07. The Morgan fingerprint density at radius 3 is 2.78 bits per heavy atom. The molecule has 1 N–H and O–H groups in total. The molecule has 0 saturated carbocycles. The van der Waals surface area contributed by atoms with Gasteiger partial charge in [-0.1, -0.05) is 12.1 Å². The Morgan fingerprint density at radius 1 is 1.30 bits per heavy atom. The summed E-state index contributed by atoms with van der Waals surface area (Å²) in [7, 11) is 0. The second kappa shape index (κ2) is 6.02. The zero-order valence-corrected chi connectivity index (χ0v) is 13.7. The molecule has 122 valence electrons. The van der Waals surface area contributed by atoms with Gasteiger partial charge in [0.15, 0.2) is 0 Å². The van der Waals surface area contributed by atoms with E-state index >= 15 is 0 Å². The number of carbonyl (C=O) groups is 1. The van der Waals surface area contributed by atoms with Gasteiger partial charge in [-0.2, -0.15) is 0 Å². The van der Waals surface area contributed by atoms with E-state index in [4.69, 9.17) is 4.74 Å². The quantitative estimate of drug-likeness (QED) is 0.923. The smallest absolute Gasteiger partial charge is 0.410 e. The Labute approximate surface area is 135 Å². The van der Waals surface area contributed by atoms with E-state index in [0.717, 1.165) is 23.3 Å². The van der Waals surface area contributed by atoms with Gasteiger partial charge in [0.25, 0.3) is 0 Å². The SMILES string of the molecule is CC(C)(C)OC(=O)N1CC[C@@H](Nc2cnc3ccccc3n2)C1. The van der Waals surface area contributed by atoms with E-state index in [1.165, 1.54) is 0 Å². The Morgan fingerprint density at radius 2 is 2.04 bits per heavy atom. The molecule has 23 heavy (non-hydrogen) atoms. The normalized spacial score (nSPS) is 18.2. The van der Waals surface area contributed by atoms with Crippen molar-refractivity contribution >= 4 is 22.9 Å². The van der Waals surface area contributed by atoms with Crippen LogP contribution >= 0.6 is 0 Å². The highest BCUT2D eigenvalue weighted by molar-refractivity contribution is 5.75. The number of hydrogen-bond acceptors (Lipinski definition) is 5. The van der Waals surface area contributed by atoms with E-state index < -0.39 is 5.60 Å². The number of benzene rings is 1. The number of para-hydroxylation sites is 2. The molecule has 2 heterocycles. The summed E-state index contributed by atoms with van der Waals surface area (Å²) in [6, 6.07) is 7.93. The molecule has 1 aliphatic heterocycles. The maximum absolute atomic E-state index is 12.1. The molecule has 1 aromatic heterocycles. The number of rotatable bonds is 2. The first-order valence-electron chi connectivity index (χ1n) is 7.87. The van der Waals surface area contributed by atoms with Gasteiger partial charge in [0, 0.05) is 19.1 Å². The lowest BCUT2D eigenvalue weighted by molar-refractivity contribution is 0.0293.